The molecule has 0 atom stereocenters. The Labute approximate surface area is 136 Å². The Bertz CT molecular complexity index is 879. The van der Waals surface area contributed by atoms with Gasteiger partial charge in [0, 0.05) is 24.5 Å². The van der Waals surface area contributed by atoms with Crippen molar-refractivity contribution in [3.63, 3.8) is 0 Å². The number of rotatable bonds is 4. The number of fused-ring (bicyclic) bond motifs is 1. The van der Waals surface area contributed by atoms with Crippen molar-refractivity contribution in [2.24, 2.45) is 0 Å². The predicted octanol–water partition coefficient (Wildman–Crippen LogP) is 1.79. The SMILES string of the molecule is O=C(NCc1cccnc1)c1nnc(-c2ccc3c(c2)OCO3)o1. The molecule has 0 spiro atoms. The number of amides is 1. The van der Waals surface area contributed by atoms with Crippen molar-refractivity contribution < 1.29 is 18.7 Å². The minimum atomic E-state index is -0.446. The van der Waals surface area contributed by atoms with Gasteiger partial charge in [0.2, 0.25) is 12.7 Å². The van der Waals surface area contributed by atoms with Crippen LogP contribution in [0.15, 0.2) is 47.1 Å². The van der Waals surface area contributed by atoms with Gasteiger partial charge in [-0.25, -0.2) is 0 Å². The molecule has 1 aliphatic heterocycles. The first-order valence-corrected chi connectivity index (χ1v) is 7.20. The van der Waals surface area contributed by atoms with Gasteiger partial charge >= 0.3 is 11.8 Å². The van der Waals surface area contributed by atoms with E-state index in [4.69, 9.17) is 13.9 Å². The zero-order valence-electron chi connectivity index (χ0n) is 12.4. The van der Waals surface area contributed by atoms with Crippen LogP contribution in [-0.4, -0.2) is 27.9 Å². The van der Waals surface area contributed by atoms with Crippen LogP contribution in [0.25, 0.3) is 11.5 Å². The first kappa shape index (κ1) is 14.2. The first-order chi connectivity index (χ1) is 11.8. The lowest BCUT2D eigenvalue weighted by atomic mass is 10.2. The summed E-state index contributed by atoms with van der Waals surface area (Å²) in [6, 6.07) is 8.90. The molecule has 0 saturated heterocycles. The number of benzene rings is 1. The Balaban J connectivity index is 1.47. The van der Waals surface area contributed by atoms with Gasteiger partial charge < -0.3 is 19.2 Å². The molecule has 2 aromatic heterocycles. The summed E-state index contributed by atoms with van der Waals surface area (Å²) >= 11 is 0. The molecule has 3 heterocycles. The van der Waals surface area contributed by atoms with Crippen LogP contribution < -0.4 is 14.8 Å². The molecule has 1 N–H and O–H groups in total. The lowest BCUT2D eigenvalue weighted by Gasteiger charge is -2.01. The Morgan fingerprint density at radius 2 is 2.08 bits per heavy atom. The van der Waals surface area contributed by atoms with Gasteiger partial charge in [0.25, 0.3) is 0 Å². The fraction of sp³-hybridized carbons (Fsp3) is 0.125. The van der Waals surface area contributed by atoms with Gasteiger partial charge in [-0.3, -0.25) is 9.78 Å². The molecule has 4 rings (SSSR count). The minimum Gasteiger partial charge on any atom is -0.454 e. The number of carbonyl (C=O) groups is 1. The van der Waals surface area contributed by atoms with E-state index >= 15 is 0 Å². The Kier molecular flexibility index (Phi) is 3.54. The van der Waals surface area contributed by atoms with Crippen LogP contribution in [0.2, 0.25) is 0 Å². The summed E-state index contributed by atoms with van der Waals surface area (Å²) in [6.45, 7) is 0.513. The van der Waals surface area contributed by atoms with E-state index in [9.17, 15) is 4.79 Å². The number of carbonyl (C=O) groups excluding carboxylic acids is 1. The van der Waals surface area contributed by atoms with E-state index in [1.165, 1.54) is 0 Å². The zero-order chi connectivity index (χ0) is 16.4. The Morgan fingerprint density at radius 3 is 2.96 bits per heavy atom. The van der Waals surface area contributed by atoms with E-state index in [2.05, 4.69) is 20.5 Å². The highest BCUT2D eigenvalue weighted by molar-refractivity contribution is 5.89. The Morgan fingerprint density at radius 1 is 1.17 bits per heavy atom. The third-order valence-corrected chi connectivity index (χ3v) is 3.41. The summed E-state index contributed by atoms with van der Waals surface area (Å²) in [5.41, 5.74) is 1.53. The molecule has 1 amide bonds. The zero-order valence-corrected chi connectivity index (χ0v) is 12.4. The molecule has 8 heteroatoms. The van der Waals surface area contributed by atoms with Gasteiger partial charge in [0.15, 0.2) is 11.5 Å². The summed E-state index contributed by atoms with van der Waals surface area (Å²) < 4.78 is 16.0. The normalized spacial score (nSPS) is 12.2. The molecule has 0 fully saturated rings. The van der Waals surface area contributed by atoms with E-state index < -0.39 is 5.91 Å². The summed E-state index contributed by atoms with van der Waals surface area (Å²) in [6.07, 6.45) is 3.34. The van der Waals surface area contributed by atoms with Crippen molar-refractivity contribution in [3.8, 4) is 23.0 Å². The third-order valence-electron chi connectivity index (χ3n) is 3.41. The number of pyridine rings is 1. The minimum absolute atomic E-state index is 0.105. The smallest absolute Gasteiger partial charge is 0.309 e. The summed E-state index contributed by atoms with van der Waals surface area (Å²) in [4.78, 5) is 16.1. The van der Waals surface area contributed by atoms with Crippen LogP contribution in [-0.2, 0) is 6.54 Å². The summed E-state index contributed by atoms with van der Waals surface area (Å²) in [5, 5.41) is 10.4. The van der Waals surface area contributed by atoms with Gasteiger partial charge in [0.1, 0.15) is 0 Å². The molecule has 0 radical (unpaired) electrons. The van der Waals surface area contributed by atoms with Crippen LogP contribution >= 0.6 is 0 Å². The van der Waals surface area contributed by atoms with Crippen LogP contribution in [0.5, 0.6) is 11.5 Å². The van der Waals surface area contributed by atoms with E-state index in [1.54, 1.807) is 36.7 Å². The average molecular weight is 324 g/mol. The molecule has 24 heavy (non-hydrogen) atoms. The molecule has 120 valence electrons. The number of hydrogen-bond acceptors (Lipinski definition) is 7. The van der Waals surface area contributed by atoms with Crippen molar-refractivity contribution in [3.05, 3.63) is 54.2 Å². The van der Waals surface area contributed by atoms with Gasteiger partial charge in [0.05, 0.1) is 0 Å². The molecule has 0 unspecified atom stereocenters. The number of ether oxygens (including phenoxy) is 2. The number of hydrogen-bond donors (Lipinski definition) is 1. The summed E-state index contributed by atoms with van der Waals surface area (Å²) in [7, 11) is 0. The predicted molar refractivity (Wildman–Crippen MR) is 81.3 cm³/mol. The van der Waals surface area contributed by atoms with E-state index in [-0.39, 0.29) is 18.6 Å². The molecule has 0 aliphatic carbocycles. The van der Waals surface area contributed by atoms with Crippen molar-refractivity contribution in [1.29, 1.82) is 0 Å². The monoisotopic (exact) mass is 324 g/mol. The fourth-order valence-electron chi connectivity index (χ4n) is 2.22. The maximum Gasteiger partial charge on any atom is 0.309 e. The van der Waals surface area contributed by atoms with Crippen LogP contribution in [0, 0.1) is 0 Å². The second-order valence-electron chi connectivity index (χ2n) is 5.02. The molecule has 3 aromatic rings. The van der Waals surface area contributed by atoms with Gasteiger partial charge in [-0.15, -0.1) is 10.2 Å². The van der Waals surface area contributed by atoms with Crippen molar-refractivity contribution >= 4 is 5.91 Å². The largest absolute Gasteiger partial charge is 0.454 e. The fourth-order valence-corrected chi connectivity index (χ4v) is 2.22. The van der Waals surface area contributed by atoms with Gasteiger partial charge in [-0.1, -0.05) is 6.07 Å². The lowest BCUT2D eigenvalue weighted by Crippen LogP contribution is -2.23. The lowest BCUT2D eigenvalue weighted by molar-refractivity contribution is 0.0917. The molecule has 1 aliphatic rings. The third kappa shape index (κ3) is 2.76. The molecule has 1 aromatic carbocycles. The number of nitrogens with one attached hydrogen (secondary N) is 1. The molecule has 0 saturated carbocycles. The van der Waals surface area contributed by atoms with Crippen LogP contribution in [0.3, 0.4) is 0 Å². The molecular weight excluding hydrogens is 312 g/mol. The second kappa shape index (κ2) is 5.99. The van der Waals surface area contributed by atoms with Crippen molar-refractivity contribution in [2.45, 2.75) is 6.54 Å². The van der Waals surface area contributed by atoms with Crippen LogP contribution in [0.4, 0.5) is 0 Å². The number of nitrogens with zero attached hydrogens (tertiary/aromatic N) is 3. The molecular formula is C16H12N4O4. The first-order valence-electron chi connectivity index (χ1n) is 7.20. The van der Waals surface area contributed by atoms with Crippen molar-refractivity contribution in [2.75, 3.05) is 6.79 Å². The highest BCUT2D eigenvalue weighted by Crippen LogP contribution is 2.35. The average Bonchev–Trinajstić information content (AvgIpc) is 3.29. The Hall–Kier alpha value is -3.42. The van der Waals surface area contributed by atoms with Gasteiger partial charge in [-0.2, -0.15) is 0 Å². The highest BCUT2D eigenvalue weighted by Gasteiger charge is 2.19. The van der Waals surface area contributed by atoms with E-state index in [0.29, 0.717) is 23.6 Å². The second-order valence-corrected chi connectivity index (χ2v) is 5.02. The van der Waals surface area contributed by atoms with E-state index in [1.807, 2.05) is 6.07 Å². The maximum atomic E-state index is 12.1. The van der Waals surface area contributed by atoms with Crippen molar-refractivity contribution in [1.82, 2.24) is 20.5 Å². The highest BCUT2D eigenvalue weighted by atomic mass is 16.7. The van der Waals surface area contributed by atoms with Crippen LogP contribution in [0.1, 0.15) is 16.2 Å². The standard InChI is InChI=1S/C16H12N4O4/c21-14(18-8-10-2-1-5-17-7-10)16-20-19-15(24-16)11-3-4-12-13(6-11)23-9-22-12/h1-7H,8-9H2,(H,18,21). The maximum absolute atomic E-state index is 12.1. The quantitative estimate of drug-likeness (QED) is 0.781. The van der Waals surface area contributed by atoms with Gasteiger partial charge in [-0.05, 0) is 29.8 Å². The topological polar surface area (TPSA) is 99.4 Å². The number of aromatic nitrogens is 3. The molecule has 8 nitrogen and oxygen atoms in total. The summed E-state index contributed by atoms with van der Waals surface area (Å²) in [5.74, 6) is 0.950. The molecule has 0 bridgehead atoms. The van der Waals surface area contributed by atoms with E-state index in [0.717, 1.165) is 5.56 Å².